The number of rotatable bonds is 1. The summed E-state index contributed by atoms with van der Waals surface area (Å²) in [6.45, 7) is 4.54. The molecular weight excluding hydrogens is 282 g/mol. The lowest BCUT2D eigenvalue weighted by Crippen LogP contribution is -2.47. The minimum Gasteiger partial charge on any atom is -0.340 e. The zero-order valence-electron chi connectivity index (χ0n) is 13.9. The molecule has 2 amide bonds. The van der Waals surface area contributed by atoms with E-state index in [4.69, 9.17) is 4.52 Å². The first kappa shape index (κ1) is 15.3. The van der Waals surface area contributed by atoms with Gasteiger partial charge in [-0.05, 0) is 31.7 Å². The van der Waals surface area contributed by atoms with E-state index < -0.39 is 0 Å². The first-order chi connectivity index (χ1) is 10.4. The van der Waals surface area contributed by atoms with Gasteiger partial charge in [0.2, 0.25) is 5.89 Å². The Morgan fingerprint density at radius 2 is 2.05 bits per heavy atom. The molecule has 1 aromatic rings. The summed E-state index contributed by atoms with van der Waals surface area (Å²) in [5.41, 5.74) is 0.275. The maximum Gasteiger partial charge on any atom is 0.319 e. The zero-order chi connectivity index (χ0) is 15.9. The Morgan fingerprint density at radius 3 is 2.59 bits per heavy atom. The molecule has 0 saturated carbocycles. The number of carbonyl (C=O) groups excluding carboxylic acids is 1. The molecule has 22 heavy (non-hydrogen) atoms. The number of hydrogen-bond donors (Lipinski definition) is 0. The minimum absolute atomic E-state index is 0.117. The number of aryl methyl sites for hydroxylation is 1. The number of hydrogen-bond acceptors (Lipinski definition) is 5. The van der Waals surface area contributed by atoms with Crippen LogP contribution in [0.15, 0.2) is 4.52 Å². The summed E-state index contributed by atoms with van der Waals surface area (Å²) < 4.78 is 5.13. The average molecular weight is 307 g/mol. The Kier molecular flexibility index (Phi) is 3.84. The van der Waals surface area contributed by atoms with Crippen LogP contribution in [-0.4, -0.2) is 71.6 Å². The normalized spacial score (nSPS) is 24.9. The van der Waals surface area contributed by atoms with Gasteiger partial charge in [-0.3, -0.25) is 4.90 Å². The SMILES string of the molecule is Cc1nc(C2CC3(CCN(C(=O)N(C)C)CC3)CN2C)no1. The molecule has 1 spiro atoms. The highest BCUT2D eigenvalue weighted by Gasteiger charge is 2.46. The molecule has 0 bridgehead atoms. The molecule has 0 aromatic carbocycles. The predicted octanol–water partition coefficient (Wildman–Crippen LogP) is 1.52. The second kappa shape index (κ2) is 5.53. The van der Waals surface area contributed by atoms with Crippen LogP contribution in [0, 0.1) is 12.3 Å². The van der Waals surface area contributed by atoms with Gasteiger partial charge in [0.05, 0.1) is 6.04 Å². The molecule has 0 radical (unpaired) electrons. The molecular formula is C15H25N5O2. The van der Waals surface area contributed by atoms with Gasteiger partial charge in [0.1, 0.15) is 0 Å². The highest BCUT2D eigenvalue weighted by atomic mass is 16.5. The molecule has 2 fully saturated rings. The number of likely N-dealkylation sites (tertiary alicyclic amines) is 2. The lowest BCUT2D eigenvalue weighted by Gasteiger charge is -2.40. The number of piperidine rings is 1. The van der Waals surface area contributed by atoms with Crippen molar-refractivity contribution in [3.8, 4) is 0 Å². The Balaban J connectivity index is 1.66. The Bertz CT molecular complexity index is 548. The van der Waals surface area contributed by atoms with Crippen molar-refractivity contribution in [3.05, 3.63) is 11.7 Å². The van der Waals surface area contributed by atoms with Gasteiger partial charge < -0.3 is 14.3 Å². The molecule has 1 atom stereocenters. The van der Waals surface area contributed by atoms with Gasteiger partial charge in [0, 0.05) is 40.7 Å². The molecule has 0 aliphatic carbocycles. The Labute approximate surface area is 131 Å². The molecule has 1 aromatic heterocycles. The zero-order valence-corrected chi connectivity index (χ0v) is 13.9. The Morgan fingerprint density at radius 1 is 1.36 bits per heavy atom. The van der Waals surface area contributed by atoms with Crippen LogP contribution < -0.4 is 0 Å². The largest absolute Gasteiger partial charge is 0.340 e. The number of nitrogens with zero attached hydrogens (tertiary/aromatic N) is 5. The van der Waals surface area contributed by atoms with Gasteiger partial charge in [0.15, 0.2) is 5.82 Å². The molecule has 2 aliphatic heterocycles. The van der Waals surface area contributed by atoms with Crippen molar-refractivity contribution in [2.75, 3.05) is 40.8 Å². The van der Waals surface area contributed by atoms with Gasteiger partial charge in [-0.1, -0.05) is 5.16 Å². The fourth-order valence-corrected chi connectivity index (χ4v) is 3.83. The standard InChI is InChI=1S/C15H25N5O2/c1-11-16-13(17-22-11)12-9-15(10-19(12)4)5-7-20(8-6-15)14(21)18(2)3/h12H,5-10H2,1-4H3. The van der Waals surface area contributed by atoms with Crippen molar-refractivity contribution in [1.82, 2.24) is 24.8 Å². The molecule has 7 nitrogen and oxygen atoms in total. The van der Waals surface area contributed by atoms with Gasteiger partial charge in [-0.2, -0.15) is 4.98 Å². The van der Waals surface area contributed by atoms with Crippen LogP contribution in [0.25, 0.3) is 0 Å². The second-order valence-electron chi connectivity index (χ2n) is 6.97. The summed E-state index contributed by atoms with van der Waals surface area (Å²) in [5.74, 6) is 1.42. The lowest BCUT2D eigenvalue weighted by molar-refractivity contribution is 0.109. The van der Waals surface area contributed by atoms with E-state index in [2.05, 4.69) is 22.1 Å². The highest BCUT2D eigenvalue weighted by Crippen LogP contribution is 2.47. The first-order valence-corrected chi connectivity index (χ1v) is 7.87. The van der Waals surface area contributed by atoms with Gasteiger partial charge >= 0.3 is 6.03 Å². The molecule has 3 heterocycles. The van der Waals surface area contributed by atoms with Crippen molar-refractivity contribution < 1.29 is 9.32 Å². The van der Waals surface area contributed by atoms with Crippen molar-refractivity contribution in [2.24, 2.45) is 5.41 Å². The number of aromatic nitrogens is 2. The van der Waals surface area contributed by atoms with E-state index in [9.17, 15) is 4.79 Å². The van der Waals surface area contributed by atoms with E-state index in [-0.39, 0.29) is 17.5 Å². The molecule has 2 saturated heterocycles. The van der Waals surface area contributed by atoms with E-state index in [1.54, 1.807) is 4.90 Å². The smallest absolute Gasteiger partial charge is 0.319 e. The molecule has 2 aliphatic rings. The van der Waals surface area contributed by atoms with Crippen LogP contribution in [0.5, 0.6) is 0 Å². The van der Waals surface area contributed by atoms with E-state index >= 15 is 0 Å². The van der Waals surface area contributed by atoms with Crippen LogP contribution in [0.2, 0.25) is 0 Å². The molecule has 0 N–H and O–H groups in total. The summed E-state index contributed by atoms with van der Waals surface area (Å²) in [5, 5.41) is 4.09. The first-order valence-electron chi connectivity index (χ1n) is 7.87. The number of amides is 2. The third kappa shape index (κ3) is 2.69. The van der Waals surface area contributed by atoms with Crippen molar-refractivity contribution >= 4 is 6.03 Å². The van der Waals surface area contributed by atoms with Crippen molar-refractivity contribution in [3.63, 3.8) is 0 Å². The summed E-state index contributed by atoms with van der Waals surface area (Å²) >= 11 is 0. The maximum atomic E-state index is 12.1. The third-order valence-electron chi connectivity index (χ3n) is 5.06. The van der Waals surface area contributed by atoms with E-state index in [0.29, 0.717) is 5.89 Å². The molecule has 7 heteroatoms. The summed E-state index contributed by atoms with van der Waals surface area (Å²) in [7, 11) is 5.75. The van der Waals surface area contributed by atoms with E-state index in [1.165, 1.54) is 0 Å². The van der Waals surface area contributed by atoms with Gasteiger partial charge in [-0.25, -0.2) is 4.79 Å². The summed E-state index contributed by atoms with van der Waals surface area (Å²) in [6, 6.07) is 0.347. The van der Waals surface area contributed by atoms with Gasteiger partial charge in [-0.15, -0.1) is 0 Å². The molecule has 3 rings (SSSR count). The Hall–Kier alpha value is -1.63. The second-order valence-corrected chi connectivity index (χ2v) is 6.97. The maximum absolute atomic E-state index is 12.1. The van der Waals surface area contributed by atoms with E-state index in [1.807, 2.05) is 25.9 Å². The monoisotopic (exact) mass is 307 g/mol. The topological polar surface area (TPSA) is 65.7 Å². The van der Waals surface area contributed by atoms with E-state index in [0.717, 1.165) is 44.7 Å². The predicted molar refractivity (Wildman–Crippen MR) is 81.3 cm³/mol. The highest BCUT2D eigenvalue weighted by molar-refractivity contribution is 5.73. The quantitative estimate of drug-likeness (QED) is 0.787. The lowest BCUT2D eigenvalue weighted by atomic mass is 9.76. The fourth-order valence-electron chi connectivity index (χ4n) is 3.83. The van der Waals surface area contributed by atoms with Crippen LogP contribution in [-0.2, 0) is 0 Å². The van der Waals surface area contributed by atoms with Crippen LogP contribution >= 0.6 is 0 Å². The van der Waals surface area contributed by atoms with Crippen molar-refractivity contribution in [1.29, 1.82) is 0 Å². The fraction of sp³-hybridized carbons (Fsp3) is 0.800. The van der Waals surface area contributed by atoms with Crippen LogP contribution in [0.1, 0.15) is 37.0 Å². The summed E-state index contributed by atoms with van der Waals surface area (Å²) in [4.78, 5) is 22.4. The minimum atomic E-state index is 0.117. The number of urea groups is 1. The van der Waals surface area contributed by atoms with Crippen LogP contribution in [0.3, 0.4) is 0 Å². The average Bonchev–Trinajstić information content (AvgIpc) is 3.03. The number of carbonyl (C=O) groups is 1. The summed E-state index contributed by atoms with van der Waals surface area (Å²) in [6.07, 6.45) is 3.14. The third-order valence-corrected chi connectivity index (χ3v) is 5.06. The molecule has 122 valence electrons. The van der Waals surface area contributed by atoms with Crippen molar-refractivity contribution in [2.45, 2.75) is 32.2 Å². The molecule has 1 unspecified atom stereocenters. The van der Waals surface area contributed by atoms with Crippen LogP contribution in [0.4, 0.5) is 4.79 Å². The van der Waals surface area contributed by atoms with Gasteiger partial charge in [0.25, 0.3) is 0 Å².